The average Bonchev–Trinajstić information content (AvgIpc) is 2.66. The average molecular weight is 379 g/mol. The Hall–Kier alpha value is -2.44. The molecule has 0 aliphatic carbocycles. The number of guanidine groups is 1. The molecule has 7 heteroatoms. The van der Waals surface area contributed by atoms with Gasteiger partial charge in [-0.3, -0.25) is 4.79 Å². The fraction of sp³-hybridized carbons (Fsp3) is 0.600. The van der Waals surface area contributed by atoms with Gasteiger partial charge in [-0.2, -0.15) is 0 Å². The normalized spacial score (nSPS) is 12.3. The van der Waals surface area contributed by atoms with E-state index in [1.807, 2.05) is 12.1 Å². The minimum absolute atomic E-state index is 0.0222. The lowest BCUT2D eigenvalue weighted by Crippen LogP contribution is -2.41. The lowest BCUT2D eigenvalue weighted by molar-refractivity contribution is -0.127. The van der Waals surface area contributed by atoms with Gasteiger partial charge in [0.25, 0.3) is 0 Å². The third-order valence-electron chi connectivity index (χ3n) is 4.06. The molecular weight excluding hydrogens is 344 g/mol. The van der Waals surface area contributed by atoms with Crippen LogP contribution in [0.5, 0.6) is 11.5 Å². The smallest absolute Gasteiger partial charge is 0.243 e. The van der Waals surface area contributed by atoms with Gasteiger partial charge in [-0.1, -0.05) is 19.9 Å². The van der Waals surface area contributed by atoms with Gasteiger partial charge in [-0.05, 0) is 36.5 Å². The Labute approximate surface area is 163 Å². The molecule has 0 heterocycles. The molecule has 1 aromatic carbocycles. The molecule has 0 bridgehead atoms. The van der Waals surface area contributed by atoms with Crippen LogP contribution in [0.1, 0.15) is 25.8 Å². The Morgan fingerprint density at radius 3 is 2.48 bits per heavy atom. The van der Waals surface area contributed by atoms with E-state index in [1.165, 1.54) is 5.56 Å². The van der Waals surface area contributed by atoms with Crippen LogP contribution in [0.4, 0.5) is 0 Å². The number of carbonyl (C=O) groups is 1. The lowest BCUT2D eigenvalue weighted by Gasteiger charge is -2.17. The van der Waals surface area contributed by atoms with Crippen LogP contribution in [-0.2, 0) is 11.2 Å². The van der Waals surface area contributed by atoms with Crippen molar-refractivity contribution in [1.29, 1.82) is 0 Å². The number of likely N-dealkylation sites (N-methyl/N-ethyl adjacent to an activating group) is 1. The predicted molar refractivity (Wildman–Crippen MR) is 110 cm³/mol. The Balaban J connectivity index is 2.63. The number of aliphatic imine (C=N–C) groups is 1. The standard InChI is InChI=1S/C20H34N4O3/c1-7-10-21-20(23-14-19(25)24(3)4)22-13-15(2)11-16-8-9-17(26-5)18(12-16)27-6/h8-9,12,15H,7,10-11,13-14H2,1-6H3,(H2,21,22,23). The molecule has 7 nitrogen and oxygen atoms in total. The molecule has 0 aromatic heterocycles. The first-order valence-corrected chi connectivity index (χ1v) is 9.34. The van der Waals surface area contributed by atoms with Crippen LogP contribution in [0.25, 0.3) is 0 Å². The molecule has 2 N–H and O–H groups in total. The fourth-order valence-electron chi connectivity index (χ4n) is 2.46. The van der Waals surface area contributed by atoms with Gasteiger partial charge >= 0.3 is 0 Å². The molecule has 0 fully saturated rings. The minimum Gasteiger partial charge on any atom is -0.493 e. The Morgan fingerprint density at radius 1 is 1.19 bits per heavy atom. The molecule has 0 spiro atoms. The fourth-order valence-corrected chi connectivity index (χ4v) is 2.46. The highest BCUT2D eigenvalue weighted by atomic mass is 16.5. The molecule has 1 atom stereocenters. The highest BCUT2D eigenvalue weighted by molar-refractivity contribution is 5.84. The van der Waals surface area contributed by atoms with Crippen LogP contribution in [-0.4, -0.2) is 64.7 Å². The first-order valence-electron chi connectivity index (χ1n) is 9.34. The zero-order valence-electron chi connectivity index (χ0n) is 17.5. The Kier molecular flexibility index (Phi) is 10.1. The number of hydrogen-bond acceptors (Lipinski definition) is 4. The van der Waals surface area contributed by atoms with Gasteiger partial charge in [-0.15, -0.1) is 0 Å². The van der Waals surface area contributed by atoms with Gasteiger partial charge < -0.3 is 25.0 Å². The molecule has 27 heavy (non-hydrogen) atoms. The van der Waals surface area contributed by atoms with Crippen molar-refractivity contribution in [2.45, 2.75) is 26.7 Å². The van der Waals surface area contributed by atoms with Crippen LogP contribution >= 0.6 is 0 Å². The number of methoxy groups -OCH3 is 2. The van der Waals surface area contributed by atoms with Crippen molar-refractivity contribution < 1.29 is 14.3 Å². The number of benzene rings is 1. The molecule has 1 aromatic rings. The van der Waals surface area contributed by atoms with E-state index in [1.54, 1.807) is 33.2 Å². The third-order valence-corrected chi connectivity index (χ3v) is 4.06. The number of amides is 1. The third kappa shape index (κ3) is 8.19. The van der Waals surface area contributed by atoms with Crippen molar-refractivity contribution in [2.75, 3.05) is 47.9 Å². The summed E-state index contributed by atoms with van der Waals surface area (Å²) in [4.78, 5) is 17.7. The highest BCUT2D eigenvalue weighted by Gasteiger charge is 2.10. The maximum atomic E-state index is 11.8. The van der Waals surface area contributed by atoms with Crippen LogP contribution < -0.4 is 20.1 Å². The van der Waals surface area contributed by atoms with Crippen molar-refractivity contribution in [3.8, 4) is 11.5 Å². The quantitative estimate of drug-likeness (QED) is 0.481. The van der Waals surface area contributed by atoms with Gasteiger partial charge in [0, 0.05) is 27.2 Å². The summed E-state index contributed by atoms with van der Waals surface area (Å²) in [5, 5.41) is 6.58. The van der Waals surface area contributed by atoms with E-state index >= 15 is 0 Å². The van der Waals surface area contributed by atoms with Crippen molar-refractivity contribution in [1.82, 2.24) is 15.5 Å². The van der Waals surface area contributed by atoms with Gasteiger partial charge in [-0.25, -0.2) is 4.99 Å². The van der Waals surface area contributed by atoms with Gasteiger partial charge in [0.2, 0.25) is 5.91 Å². The largest absolute Gasteiger partial charge is 0.493 e. The zero-order chi connectivity index (χ0) is 20.2. The van der Waals surface area contributed by atoms with Gasteiger partial charge in [0.05, 0.1) is 14.2 Å². The maximum absolute atomic E-state index is 11.8. The Bertz CT molecular complexity index is 617. The molecule has 0 radical (unpaired) electrons. The summed E-state index contributed by atoms with van der Waals surface area (Å²) in [7, 11) is 6.74. The molecule has 1 unspecified atom stereocenters. The molecule has 0 aliphatic rings. The SMILES string of the molecule is CCCNC(=NCC(=O)N(C)C)NCC(C)Cc1ccc(OC)c(OC)c1. The zero-order valence-corrected chi connectivity index (χ0v) is 17.5. The maximum Gasteiger partial charge on any atom is 0.243 e. The molecule has 0 saturated heterocycles. The summed E-state index contributed by atoms with van der Waals surface area (Å²) in [5.41, 5.74) is 1.18. The molecule has 1 rings (SSSR count). The molecular formula is C20H34N4O3. The first-order chi connectivity index (χ1) is 12.9. The van der Waals surface area contributed by atoms with Crippen LogP contribution in [0.3, 0.4) is 0 Å². The van der Waals surface area contributed by atoms with Gasteiger partial charge in [0.1, 0.15) is 6.54 Å². The van der Waals surface area contributed by atoms with E-state index in [4.69, 9.17) is 9.47 Å². The van der Waals surface area contributed by atoms with Crippen molar-refractivity contribution in [3.05, 3.63) is 23.8 Å². The predicted octanol–water partition coefficient (Wildman–Crippen LogP) is 1.92. The topological polar surface area (TPSA) is 75.2 Å². The monoisotopic (exact) mass is 378 g/mol. The minimum atomic E-state index is -0.0222. The second-order valence-corrected chi connectivity index (χ2v) is 6.76. The first kappa shape index (κ1) is 22.6. The van der Waals surface area contributed by atoms with E-state index in [0.717, 1.165) is 37.4 Å². The van der Waals surface area contributed by atoms with Crippen molar-refractivity contribution in [3.63, 3.8) is 0 Å². The van der Waals surface area contributed by atoms with E-state index in [2.05, 4.69) is 35.5 Å². The molecule has 152 valence electrons. The number of hydrogen-bond donors (Lipinski definition) is 2. The summed E-state index contributed by atoms with van der Waals surface area (Å²) >= 11 is 0. The van der Waals surface area contributed by atoms with E-state index in [9.17, 15) is 4.79 Å². The lowest BCUT2D eigenvalue weighted by atomic mass is 10.0. The Morgan fingerprint density at radius 2 is 1.89 bits per heavy atom. The summed E-state index contributed by atoms with van der Waals surface area (Å²) in [6, 6.07) is 5.99. The molecule has 0 aliphatic heterocycles. The summed E-state index contributed by atoms with van der Waals surface area (Å²) in [5.74, 6) is 2.50. The second-order valence-electron chi connectivity index (χ2n) is 6.76. The van der Waals surface area contributed by atoms with Crippen molar-refractivity contribution >= 4 is 11.9 Å². The molecule has 1 amide bonds. The highest BCUT2D eigenvalue weighted by Crippen LogP contribution is 2.28. The van der Waals surface area contributed by atoms with Crippen molar-refractivity contribution in [2.24, 2.45) is 10.9 Å². The number of nitrogens with zero attached hydrogens (tertiary/aromatic N) is 2. The summed E-state index contributed by atoms with van der Waals surface area (Å²) in [6.45, 7) is 5.96. The van der Waals surface area contributed by atoms with Gasteiger partial charge in [0.15, 0.2) is 17.5 Å². The molecule has 0 saturated carbocycles. The number of nitrogens with one attached hydrogen (secondary N) is 2. The summed E-state index contributed by atoms with van der Waals surface area (Å²) in [6.07, 6.45) is 1.88. The second kappa shape index (κ2) is 12.0. The van der Waals surface area contributed by atoms with E-state index < -0.39 is 0 Å². The van der Waals surface area contributed by atoms with E-state index in [-0.39, 0.29) is 12.5 Å². The van der Waals surface area contributed by atoms with Crippen LogP contribution in [0, 0.1) is 5.92 Å². The van der Waals surface area contributed by atoms with Crippen LogP contribution in [0.2, 0.25) is 0 Å². The summed E-state index contributed by atoms with van der Waals surface area (Å²) < 4.78 is 10.7. The number of carbonyl (C=O) groups excluding carboxylic acids is 1. The van der Waals surface area contributed by atoms with E-state index in [0.29, 0.717) is 11.9 Å². The van der Waals surface area contributed by atoms with Crippen LogP contribution in [0.15, 0.2) is 23.2 Å². The number of ether oxygens (including phenoxy) is 2. The number of rotatable bonds is 10.